The molecule has 0 spiro atoms. The normalized spacial score (nSPS) is 21.4. The number of halogens is 1. The molecule has 0 aliphatic carbocycles. The summed E-state index contributed by atoms with van der Waals surface area (Å²) in [5, 5.41) is 2.53. The molecule has 1 fully saturated rings. The van der Waals surface area contributed by atoms with Crippen LogP contribution in [0.25, 0.3) is 0 Å². The van der Waals surface area contributed by atoms with Crippen molar-refractivity contribution in [1.29, 1.82) is 0 Å². The van der Waals surface area contributed by atoms with Crippen LogP contribution in [-0.4, -0.2) is 41.9 Å². The van der Waals surface area contributed by atoms with Gasteiger partial charge in [0.2, 0.25) is 11.8 Å². The molecule has 6 heteroatoms. The van der Waals surface area contributed by atoms with Crippen molar-refractivity contribution in [3.8, 4) is 0 Å². The quantitative estimate of drug-likeness (QED) is 0.768. The third-order valence-corrected chi connectivity index (χ3v) is 2.97. The summed E-state index contributed by atoms with van der Waals surface area (Å²) in [5.41, 5.74) is 5.87. The number of nitrogens with zero attached hydrogens (tertiary/aromatic N) is 1. The Morgan fingerprint density at radius 1 is 1.47 bits per heavy atom. The van der Waals surface area contributed by atoms with Gasteiger partial charge in [0.15, 0.2) is 0 Å². The minimum atomic E-state index is -0.178. The van der Waals surface area contributed by atoms with Crippen molar-refractivity contribution in [2.24, 2.45) is 5.73 Å². The van der Waals surface area contributed by atoms with Crippen molar-refractivity contribution in [2.45, 2.75) is 45.2 Å². The van der Waals surface area contributed by atoms with Crippen LogP contribution in [0.15, 0.2) is 0 Å². The lowest BCUT2D eigenvalue weighted by atomic mass is 9.97. The van der Waals surface area contributed by atoms with Gasteiger partial charge in [-0.1, -0.05) is 0 Å². The molecule has 3 N–H and O–H groups in total. The molecule has 1 aliphatic heterocycles. The second-order valence-electron chi connectivity index (χ2n) is 4.42. The topological polar surface area (TPSA) is 75.4 Å². The molecule has 0 bridgehead atoms. The third-order valence-electron chi connectivity index (χ3n) is 2.97. The smallest absolute Gasteiger partial charge is 0.242 e. The molecule has 1 aliphatic rings. The predicted molar refractivity (Wildman–Crippen MR) is 68.9 cm³/mol. The number of amides is 2. The van der Waals surface area contributed by atoms with Crippen molar-refractivity contribution in [3.63, 3.8) is 0 Å². The lowest BCUT2D eigenvalue weighted by molar-refractivity contribution is -0.136. The zero-order chi connectivity index (χ0) is 12.1. The average molecular weight is 264 g/mol. The van der Waals surface area contributed by atoms with Gasteiger partial charge in [0.1, 0.15) is 0 Å². The molecule has 0 aromatic heterocycles. The highest BCUT2D eigenvalue weighted by atomic mass is 35.5. The van der Waals surface area contributed by atoms with Crippen LogP contribution in [0.1, 0.15) is 33.1 Å². The number of nitrogens with one attached hydrogen (secondary N) is 1. The monoisotopic (exact) mass is 263 g/mol. The van der Waals surface area contributed by atoms with Gasteiger partial charge < -0.3 is 16.0 Å². The van der Waals surface area contributed by atoms with Crippen molar-refractivity contribution in [2.75, 3.05) is 13.1 Å². The van der Waals surface area contributed by atoms with Gasteiger partial charge in [-0.05, 0) is 26.2 Å². The highest BCUT2D eigenvalue weighted by Crippen LogP contribution is 2.18. The van der Waals surface area contributed by atoms with E-state index in [-0.39, 0.29) is 42.8 Å². The van der Waals surface area contributed by atoms with E-state index in [1.165, 1.54) is 6.92 Å². The summed E-state index contributed by atoms with van der Waals surface area (Å²) >= 11 is 0. The van der Waals surface area contributed by atoms with E-state index in [0.717, 1.165) is 25.8 Å². The Labute approximate surface area is 109 Å². The zero-order valence-corrected chi connectivity index (χ0v) is 11.3. The molecule has 2 amide bonds. The first-order chi connectivity index (χ1) is 7.52. The molecule has 0 saturated carbocycles. The van der Waals surface area contributed by atoms with Crippen LogP contribution in [0.3, 0.4) is 0 Å². The Hall–Kier alpha value is -0.810. The number of carbonyl (C=O) groups is 2. The lowest BCUT2D eigenvalue weighted by Gasteiger charge is -2.38. The van der Waals surface area contributed by atoms with Crippen molar-refractivity contribution in [3.05, 3.63) is 0 Å². The van der Waals surface area contributed by atoms with Crippen LogP contribution in [0, 0.1) is 0 Å². The summed E-state index contributed by atoms with van der Waals surface area (Å²) in [4.78, 5) is 24.4. The first kappa shape index (κ1) is 16.2. The van der Waals surface area contributed by atoms with E-state index < -0.39 is 0 Å². The number of hydrogen-bond acceptors (Lipinski definition) is 3. The number of nitrogens with two attached hydrogens (primary N) is 1. The van der Waals surface area contributed by atoms with E-state index in [1.54, 1.807) is 0 Å². The van der Waals surface area contributed by atoms with Crippen molar-refractivity contribution >= 4 is 24.2 Å². The molecule has 0 aromatic carbocycles. The van der Waals surface area contributed by atoms with Gasteiger partial charge in [-0.25, -0.2) is 0 Å². The second kappa shape index (κ2) is 7.50. The summed E-state index contributed by atoms with van der Waals surface area (Å²) in [7, 11) is 0. The highest BCUT2D eigenvalue weighted by Gasteiger charge is 2.28. The third kappa shape index (κ3) is 4.91. The molecule has 1 heterocycles. The highest BCUT2D eigenvalue weighted by molar-refractivity contribution is 5.85. The largest absolute Gasteiger partial charge is 0.347 e. The zero-order valence-electron chi connectivity index (χ0n) is 10.4. The van der Waals surface area contributed by atoms with Crippen molar-refractivity contribution < 1.29 is 9.59 Å². The summed E-state index contributed by atoms with van der Waals surface area (Å²) in [5.74, 6) is -0.208. The number of hydrogen-bond donors (Lipinski definition) is 2. The lowest BCUT2D eigenvalue weighted by Crippen LogP contribution is -2.53. The second-order valence-corrected chi connectivity index (χ2v) is 4.42. The standard InChI is InChI=1S/C11H21N3O2.ClH/c1-8(12)10-5-3-4-6-14(10)11(16)7-13-9(2)15;/h8,10H,3-7,12H2,1-2H3,(H,13,15);1H. The molecular formula is C11H22ClN3O2. The Morgan fingerprint density at radius 2 is 2.12 bits per heavy atom. The summed E-state index contributed by atoms with van der Waals surface area (Å²) in [6.45, 7) is 4.17. The molecular weight excluding hydrogens is 242 g/mol. The fraction of sp³-hybridized carbons (Fsp3) is 0.818. The molecule has 100 valence electrons. The Kier molecular flexibility index (Phi) is 7.15. The van der Waals surface area contributed by atoms with Gasteiger partial charge in [0, 0.05) is 25.6 Å². The van der Waals surface area contributed by atoms with E-state index in [4.69, 9.17) is 5.73 Å². The fourth-order valence-electron chi connectivity index (χ4n) is 2.12. The molecule has 2 unspecified atom stereocenters. The first-order valence-electron chi connectivity index (χ1n) is 5.82. The van der Waals surface area contributed by atoms with Gasteiger partial charge in [0.25, 0.3) is 0 Å². The molecule has 2 atom stereocenters. The van der Waals surface area contributed by atoms with Crippen LogP contribution in [0.2, 0.25) is 0 Å². The number of piperidine rings is 1. The predicted octanol–water partition coefficient (Wildman–Crippen LogP) is 0.273. The summed E-state index contributed by atoms with van der Waals surface area (Å²) in [6.07, 6.45) is 3.11. The van der Waals surface area contributed by atoms with E-state index in [2.05, 4.69) is 5.32 Å². The van der Waals surface area contributed by atoms with E-state index in [9.17, 15) is 9.59 Å². The van der Waals surface area contributed by atoms with E-state index >= 15 is 0 Å². The maximum absolute atomic E-state index is 11.9. The van der Waals surface area contributed by atoms with Crippen LogP contribution in [0.5, 0.6) is 0 Å². The Morgan fingerprint density at radius 3 is 2.65 bits per heavy atom. The summed E-state index contributed by atoms with van der Waals surface area (Å²) < 4.78 is 0. The molecule has 0 radical (unpaired) electrons. The minimum Gasteiger partial charge on any atom is -0.347 e. The van der Waals surface area contributed by atoms with Crippen LogP contribution in [0.4, 0.5) is 0 Å². The van der Waals surface area contributed by atoms with E-state index in [0.29, 0.717) is 0 Å². The minimum absolute atomic E-state index is 0. The van der Waals surface area contributed by atoms with Gasteiger partial charge in [-0.15, -0.1) is 12.4 Å². The van der Waals surface area contributed by atoms with Crippen LogP contribution < -0.4 is 11.1 Å². The summed E-state index contributed by atoms with van der Waals surface area (Å²) in [6, 6.07) is 0.108. The molecule has 1 rings (SSSR count). The average Bonchev–Trinajstić information content (AvgIpc) is 2.25. The van der Waals surface area contributed by atoms with Gasteiger partial charge in [-0.2, -0.15) is 0 Å². The van der Waals surface area contributed by atoms with Gasteiger partial charge >= 0.3 is 0 Å². The molecule has 1 saturated heterocycles. The first-order valence-corrected chi connectivity index (χ1v) is 5.82. The maximum Gasteiger partial charge on any atom is 0.242 e. The van der Waals surface area contributed by atoms with Crippen LogP contribution >= 0.6 is 12.4 Å². The van der Waals surface area contributed by atoms with Gasteiger partial charge in [-0.3, -0.25) is 9.59 Å². The van der Waals surface area contributed by atoms with Crippen LogP contribution in [-0.2, 0) is 9.59 Å². The number of likely N-dealkylation sites (tertiary alicyclic amines) is 1. The number of carbonyl (C=O) groups excluding carboxylic acids is 2. The maximum atomic E-state index is 11.9. The molecule has 17 heavy (non-hydrogen) atoms. The van der Waals surface area contributed by atoms with E-state index in [1.807, 2.05) is 11.8 Å². The van der Waals surface area contributed by atoms with Crippen molar-refractivity contribution in [1.82, 2.24) is 10.2 Å². The molecule has 5 nitrogen and oxygen atoms in total. The SMILES string of the molecule is CC(=O)NCC(=O)N1CCCCC1C(C)N.Cl. The van der Waals surface area contributed by atoms with Gasteiger partial charge in [0.05, 0.1) is 6.54 Å². The molecule has 0 aromatic rings. The number of rotatable bonds is 3. The Balaban J connectivity index is 0.00000256. The Bertz CT molecular complexity index is 271. The fourth-order valence-corrected chi connectivity index (χ4v) is 2.12.